The van der Waals surface area contributed by atoms with Crippen molar-refractivity contribution in [1.29, 1.82) is 0 Å². The van der Waals surface area contributed by atoms with Gasteiger partial charge in [0, 0.05) is 9.92 Å². The first kappa shape index (κ1) is 9.90. The summed E-state index contributed by atoms with van der Waals surface area (Å²) in [6.07, 6.45) is 0. The van der Waals surface area contributed by atoms with E-state index in [1.807, 2.05) is 24.3 Å². The maximum atomic E-state index is 9.47. The van der Waals surface area contributed by atoms with E-state index in [-0.39, 0.29) is 0 Å². The van der Waals surface area contributed by atoms with Crippen LogP contribution in [0.3, 0.4) is 0 Å². The summed E-state index contributed by atoms with van der Waals surface area (Å²) < 4.78 is 0. The van der Waals surface area contributed by atoms with Gasteiger partial charge in [0.15, 0.2) is 0 Å². The van der Waals surface area contributed by atoms with Gasteiger partial charge in [0.2, 0.25) is 0 Å². The van der Waals surface area contributed by atoms with Gasteiger partial charge in [-0.2, -0.15) is 0 Å². The van der Waals surface area contributed by atoms with Crippen LogP contribution in [0.5, 0.6) is 0 Å². The molecule has 3 heteroatoms. The Morgan fingerprint density at radius 1 is 1.25 bits per heavy atom. The zero-order valence-electron chi connectivity index (χ0n) is 7.04. The lowest BCUT2D eigenvalue weighted by molar-refractivity contribution is 0.179. The van der Waals surface area contributed by atoms with Crippen molar-refractivity contribution < 1.29 is 5.11 Å². The maximum Gasteiger partial charge on any atom is 0.109 e. The second-order valence-electron chi connectivity index (χ2n) is 3.00. The molecule has 0 aliphatic heterocycles. The highest BCUT2D eigenvalue weighted by atomic mass is 35.5. The van der Waals surface area contributed by atoms with Crippen molar-refractivity contribution in [2.24, 2.45) is 0 Å². The maximum absolute atomic E-state index is 9.47. The summed E-state index contributed by atoms with van der Waals surface area (Å²) in [5, 5.41) is 10.2. The number of hydrogen-bond donors (Lipinski definition) is 1. The van der Waals surface area contributed by atoms with Crippen molar-refractivity contribution in [2.75, 3.05) is 0 Å². The summed E-state index contributed by atoms with van der Waals surface area (Å²) in [5.74, 6) is 0. The largest absolute Gasteiger partial charge is 0.380 e. The van der Waals surface area contributed by atoms with E-state index >= 15 is 0 Å². The van der Waals surface area contributed by atoms with Crippen LogP contribution in [0.25, 0.3) is 0 Å². The number of benzene rings is 1. The van der Waals surface area contributed by atoms with Gasteiger partial charge in [-0.15, -0.1) is 0 Å². The van der Waals surface area contributed by atoms with E-state index in [1.54, 1.807) is 13.8 Å². The van der Waals surface area contributed by atoms with Gasteiger partial charge in [0.25, 0.3) is 0 Å². The van der Waals surface area contributed by atoms with Crippen LogP contribution >= 0.6 is 23.4 Å². The fraction of sp³-hybridized carbons (Fsp3) is 0.333. The van der Waals surface area contributed by atoms with E-state index in [2.05, 4.69) is 0 Å². The first-order valence-corrected chi connectivity index (χ1v) is 4.84. The lowest BCUT2D eigenvalue weighted by atomic mass is 10.4. The van der Waals surface area contributed by atoms with Gasteiger partial charge < -0.3 is 5.11 Å². The molecule has 66 valence electrons. The summed E-state index contributed by atoms with van der Waals surface area (Å²) in [7, 11) is 0. The molecule has 0 heterocycles. The van der Waals surface area contributed by atoms with E-state index < -0.39 is 4.93 Å². The number of aliphatic hydroxyl groups is 1. The van der Waals surface area contributed by atoms with Gasteiger partial charge in [-0.1, -0.05) is 23.4 Å². The third-order valence-electron chi connectivity index (χ3n) is 1.18. The van der Waals surface area contributed by atoms with Gasteiger partial charge in [0.05, 0.1) is 0 Å². The number of hydrogen-bond acceptors (Lipinski definition) is 2. The van der Waals surface area contributed by atoms with Crippen LogP contribution in [0.1, 0.15) is 13.8 Å². The van der Waals surface area contributed by atoms with Gasteiger partial charge in [-0.05, 0) is 38.1 Å². The van der Waals surface area contributed by atoms with Crippen LogP contribution < -0.4 is 0 Å². The molecule has 1 N–H and O–H groups in total. The van der Waals surface area contributed by atoms with E-state index in [9.17, 15) is 5.11 Å². The molecule has 1 aromatic carbocycles. The molecule has 0 saturated heterocycles. The minimum atomic E-state index is -0.728. The summed E-state index contributed by atoms with van der Waals surface area (Å²) in [6.45, 7) is 3.51. The molecular weight excluding hydrogens is 192 g/mol. The van der Waals surface area contributed by atoms with Gasteiger partial charge in [-0.25, -0.2) is 0 Å². The van der Waals surface area contributed by atoms with Crippen LogP contribution in [0.15, 0.2) is 29.2 Å². The van der Waals surface area contributed by atoms with Crippen LogP contribution in [0.4, 0.5) is 0 Å². The Morgan fingerprint density at radius 2 is 1.75 bits per heavy atom. The molecule has 12 heavy (non-hydrogen) atoms. The van der Waals surface area contributed by atoms with E-state index in [0.29, 0.717) is 0 Å². The summed E-state index contributed by atoms with van der Waals surface area (Å²) in [5.41, 5.74) is 0. The summed E-state index contributed by atoms with van der Waals surface area (Å²) >= 11 is 7.12. The van der Waals surface area contributed by atoms with Crippen molar-refractivity contribution >= 4 is 23.4 Å². The van der Waals surface area contributed by atoms with Gasteiger partial charge >= 0.3 is 0 Å². The number of thioether (sulfide) groups is 1. The normalized spacial score (nSPS) is 11.7. The summed E-state index contributed by atoms with van der Waals surface area (Å²) in [6, 6.07) is 7.42. The Hall–Kier alpha value is -0.180. The summed E-state index contributed by atoms with van der Waals surface area (Å²) in [4.78, 5) is 0.292. The standard InChI is InChI=1S/C9H11ClOS/c1-9(2,11)12-8-5-3-7(10)4-6-8/h3-6,11H,1-2H3. The SMILES string of the molecule is CC(C)(O)Sc1ccc(Cl)cc1. The molecule has 0 radical (unpaired) electrons. The quantitative estimate of drug-likeness (QED) is 0.587. The Kier molecular flexibility index (Phi) is 3.04. The molecule has 0 aliphatic rings. The molecule has 0 bridgehead atoms. The Morgan fingerprint density at radius 3 is 2.17 bits per heavy atom. The van der Waals surface area contributed by atoms with Crippen molar-refractivity contribution in [3.05, 3.63) is 29.3 Å². The minimum Gasteiger partial charge on any atom is -0.380 e. The van der Waals surface area contributed by atoms with Crippen molar-refractivity contribution in [3.8, 4) is 0 Å². The molecule has 0 unspecified atom stereocenters. The molecule has 0 saturated carbocycles. The molecule has 0 spiro atoms. The first-order valence-electron chi connectivity index (χ1n) is 3.64. The molecular formula is C9H11ClOS. The lowest BCUT2D eigenvalue weighted by Crippen LogP contribution is -2.11. The number of halogens is 1. The van der Waals surface area contributed by atoms with Crippen molar-refractivity contribution in [2.45, 2.75) is 23.7 Å². The van der Waals surface area contributed by atoms with Crippen LogP contribution in [-0.4, -0.2) is 10.0 Å². The van der Waals surface area contributed by atoms with Crippen molar-refractivity contribution in [3.63, 3.8) is 0 Å². The highest BCUT2D eigenvalue weighted by molar-refractivity contribution is 8.00. The molecule has 1 aromatic rings. The molecule has 1 rings (SSSR count). The lowest BCUT2D eigenvalue weighted by Gasteiger charge is -2.15. The fourth-order valence-corrected chi connectivity index (χ4v) is 1.77. The Balaban J connectivity index is 2.71. The van der Waals surface area contributed by atoms with E-state index in [4.69, 9.17) is 11.6 Å². The third kappa shape index (κ3) is 3.48. The first-order chi connectivity index (χ1) is 5.47. The Labute approximate surface area is 81.7 Å². The predicted molar refractivity (Wildman–Crippen MR) is 53.6 cm³/mol. The smallest absolute Gasteiger partial charge is 0.109 e. The topological polar surface area (TPSA) is 20.2 Å². The van der Waals surface area contributed by atoms with Crippen molar-refractivity contribution in [1.82, 2.24) is 0 Å². The van der Waals surface area contributed by atoms with Gasteiger partial charge in [0.1, 0.15) is 4.93 Å². The molecule has 0 aliphatic carbocycles. The molecule has 0 fully saturated rings. The predicted octanol–water partition coefficient (Wildman–Crippen LogP) is 3.16. The Bertz CT molecular complexity index is 250. The second kappa shape index (κ2) is 3.69. The highest BCUT2D eigenvalue weighted by Gasteiger charge is 2.13. The molecule has 0 atom stereocenters. The number of rotatable bonds is 2. The van der Waals surface area contributed by atoms with Crippen LogP contribution in [-0.2, 0) is 0 Å². The monoisotopic (exact) mass is 202 g/mol. The average Bonchev–Trinajstić information content (AvgIpc) is 1.91. The molecule has 0 aromatic heterocycles. The van der Waals surface area contributed by atoms with E-state index in [1.165, 1.54) is 11.8 Å². The average molecular weight is 203 g/mol. The highest BCUT2D eigenvalue weighted by Crippen LogP contribution is 2.30. The van der Waals surface area contributed by atoms with Crippen LogP contribution in [0, 0.1) is 0 Å². The second-order valence-corrected chi connectivity index (χ2v) is 5.11. The van der Waals surface area contributed by atoms with E-state index in [0.717, 1.165) is 9.92 Å². The molecule has 0 amide bonds. The van der Waals surface area contributed by atoms with Crippen LogP contribution in [0.2, 0.25) is 5.02 Å². The van der Waals surface area contributed by atoms with Gasteiger partial charge in [-0.3, -0.25) is 0 Å². The zero-order valence-corrected chi connectivity index (χ0v) is 8.62. The minimum absolute atomic E-state index is 0.718. The fourth-order valence-electron chi connectivity index (χ4n) is 0.791. The molecule has 1 nitrogen and oxygen atoms in total. The zero-order chi connectivity index (χ0) is 9.19. The third-order valence-corrected chi connectivity index (χ3v) is 2.44.